The molecule has 0 aromatic heterocycles. The van der Waals surface area contributed by atoms with Crippen molar-refractivity contribution in [3.05, 3.63) is 29.8 Å². The third-order valence-electron chi connectivity index (χ3n) is 4.28. The van der Waals surface area contributed by atoms with E-state index in [1.54, 1.807) is 0 Å². The Labute approximate surface area is 123 Å². The van der Waals surface area contributed by atoms with E-state index in [-0.39, 0.29) is 0 Å². The molecule has 20 heavy (non-hydrogen) atoms. The molecule has 3 nitrogen and oxygen atoms in total. The summed E-state index contributed by atoms with van der Waals surface area (Å²) in [5, 5.41) is 3.35. The molecule has 2 rings (SSSR count). The lowest BCUT2D eigenvalue weighted by Crippen LogP contribution is -2.30. The highest BCUT2D eigenvalue weighted by Crippen LogP contribution is 2.22. The molecule has 1 N–H and O–H groups in total. The summed E-state index contributed by atoms with van der Waals surface area (Å²) in [4.78, 5) is 2.35. The van der Waals surface area contributed by atoms with Crippen LogP contribution >= 0.6 is 0 Å². The number of ether oxygens (including phenoxy) is 1. The summed E-state index contributed by atoms with van der Waals surface area (Å²) in [5.41, 5.74) is 2.67. The predicted octanol–water partition coefficient (Wildman–Crippen LogP) is 3.22. The number of hydrogen-bond donors (Lipinski definition) is 1. The molecule has 1 aromatic rings. The van der Waals surface area contributed by atoms with Gasteiger partial charge in [0.1, 0.15) is 0 Å². The normalized spacial score (nSPS) is 20.6. The van der Waals surface area contributed by atoms with Crippen LogP contribution in [0.1, 0.15) is 37.8 Å². The lowest BCUT2D eigenvalue weighted by molar-refractivity contribution is 0.0576. The largest absolute Gasteiger partial charge is 0.381 e. The number of benzene rings is 1. The first-order valence-electron chi connectivity index (χ1n) is 7.80. The van der Waals surface area contributed by atoms with Gasteiger partial charge in [0.15, 0.2) is 0 Å². The van der Waals surface area contributed by atoms with Crippen molar-refractivity contribution < 1.29 is 4.74 Å². The molecule has 3 heteroatoms. The average Bonchev–Trinajstić information content (AvgIpc) is 2.50. The molecule has 0 radical (unpaired) electrons. The van der Waals surface area contributed by atoms with Crippen molar-refractivity contribution >= 4 is 5.69 Å². The van der Waals surface area contributed by atoms with Crippen LogP contribution in [0.4, 0.5) is 5.69 Å². The summed E-state index contributed by atoms with van der Waals surface area (Å²) in [6.07, 6.45) is 3.61. The van der Waals surface area contributed by atoms with Crippen LogP contribution in [-0.4, -0.2) is 33.9 Å². The van der Waals surface area contributed by atoms with E-state index >= 15 is 0 Å². The molecular formula is C17H28N2O. The average molecular weight is 276 g/mol. The van der Waals surface area contributed by atoms with Gasteiger partial charge in [0.25, 0.3) is 0 Å². The fraction of sp³-hybridized carbons (Fsp3) is 0.647. The number of rotatable bonds is 6. The van der Waals surface area contributed by atoms with Crippen LogP contribution in [0, 0.1) is 5.92 Å². The van der Waals surface area contributed by atoms with Gasteiger partial charge < -0.3 is 15.0 Å². The van der Waals surface area contributed by atoms with Crippen molar-refractivity contribution in [3.63, 3.8) is 0 Å². The molecular weight excluding hydrogens is 248 g/mol. The Bertz CT molecular complexity index is 380. The second-order valence-electron chi connectivity index (χ2n) is 5.80. The molecule has 0 amide bonds. The minimum Gasteiger partial charge on any atom is -0.381 e. The summed E-state index contributed by atoms with van der Waals surface area (Å²) in [7, 11) is 4.20. The maximum atomic E-state index is 5.56. The monoisotopic (exact) mass is 276 g/mol. The summed E-state index contributed by atoms with van der Waals surface area (Å²) in [6.45, 7) is 5.16. The first-order valence-corrected chi connectivity index (χ1v) is 7.80. The van der Waals surface area contributed by atoms with Crippen LogP contribution in [0.25, 0.3) is 0 Å². The quantitative estimate of drug-likeness (QED) is 0.863. The van der Waals surface area contributed by atoms with Crippen LogP contribution in [0.5, 0.6) is 0 Å². The third kappa shape index (κ3) is 3.97. The molecule has 112 valence electrons. The van der Waals surface area contributed by atoms with Crippen LogP contribution in [-0.2, 0) is 4.74 Å². The van der Waals surface area contributed by atoms with Gasteiger partial charge in [-0.15, -0.1) is 0 Å². The molecule has 1 heterocycles. The number of nitrogens with zero attached hydrogens (tertiary/aromatic N) is 1. The fourth-order valence-corrected chi connectivity index (χ4v) is 3.01. The van der Waals surface area contributed by atoms with E-state index in [9.17, 15) is 0 Å². The molecule has 1 fully saturated rings. The fourth-order valence-electron chi connectivity index (χ4n) is 3.01. The van der Waals surface area contributed by atoms with E-state index in [1.165, 1.54) is 24.1 Å². The van der Waals surface area contributed by atoms with Crippen molar-refractivity contribution in [1.29, 1.82) is 0 Å². The second-order valence-corrected chi connectivity index (χ2v) is 5.80. The maximum absolute atomic E-state index is 5.56. The Morgan fingerprint density at radius 3 is 2.65 bits per heavy atom. The highest BCUT2D eigenvalue weighted by Gasteiger charge is 2.16. The van der Waals surface area contributed by atoms with Gasteiger partial charge >= 0.3 is 0 Å². The molecule has 1 aliphatic rings. The van der Waals surface area contributed by atoms with Gasteiger partial charge in [0.05, 0.1) is 6.61 Å². The zero-order valence-corrected chi connectivity index (χ0v) is 13.1. The molecule has 2 unspecified atom stereocenters. The Morgan fingerprint density at radius 2 is 2.10 bits per heavy atom. The highest BCUT2D eigenvalue weighted by molar-refractivity contribution is 5.47. The zero-order chi connectivity index (χ0) is 14.4. The molecule has 1 aromatic carbocycles. The predicted molar refractivity (Wildman–Crippen MR) is 85.3 cm³/mol. The first-order chi connectivity index (χ1) is 9.74. The van der Waals surface area contributed by atoms with E-state index in [2.05, 4.69) is 48.5 Å². The topological polar surface area (TPSA) is 24.5 Å². The first kappa shape index (κ1) is 15.3. The zero-order valence-electron chi connectivity index (χ0n) is 13.1. The van der Waals surface area contributed by atoms with E-state index in [0.29, 0.717) is 12.0 Å². The number of anilines is 1. The van der Waals surface area contributed by atoms with Gasteiger partial charge in [0, 0.05) is 31.9 Å². The number of nitrogens with one attached hydrogen (secondary N) is 1. The van der Waals surface area contributed by atoms with Crippen molar-refractivity contribution in [1.82, 2.24) is 5.32 Å². The molecule has 0 spiro atoms. The SMILES string of the molecule is CCC(NC)c1ccc(N(C)CC2CCCOC2)cc1. The van der Waals surface area contributed by atoms with Gasteiger partial charge in [-0.05, 0) is 49.9 Å². The van der Waals surface area contributed by atoms with E-state index in [0.717, 1.165) is 26.2 Å². The van der Waals surface area contributed by atoms with E-state index < -0.39 is 0 Å². The molecule has 0 saturated carbocycles. The maximum Gasteiger partial charge on any atom is 0.0511 e. The van der Waals surface area contributed by atoms with Crippen LogP contribution in [0.15, 0.2) is 24.3 Å². The summed E-state index contributed by atoms with van der Waals surface area (Å²) in [6, 6.07) is 9.42. The van der Waals surface area contributed by atoms with Crippen molar-refractivity contribution in [3.8, 4) is 0 Å². The Morgan fingerprint density at radius 1 is 1.35 bits per heavy atom. The van der Waals surface area contributed by atoms with Crippen molar-refractivity contribution in [2.45, 2.75) is 32.2 Å². The van der Waals surface area contributed by atoms with Gasteiger partial charge in [-0.3, -0.25) is 0 Å². The van der Waals surface area contributed by atoms with Crippen molar-refractivity contribution in [2.75, 3.05) is 38.8 Å². The van der Waals surface area contributed by atoms with Crippen LogP contribution < -0.4 is 10.2 Å². The molecule has 1 aliphatic heterocycles. The van der Waals surface area contributed by atoms with Crippen LogP contribution in [0.3, 0.4) is 0 Å². The van der Waals surface area contributed by atoms with Crippen LogP contribution in [0.2, 0.25) is 0 Å². The Kier molecular flexibility index (Phi) is 5.86. The molecule has 0 bridgehead atoms. The minimum atomic E-state index is 0.459. The smallest absolute Gasteiger partial charge is 0.0511 e. The Balaban J connectivity index is 1.94. The molecule has 2 atom stereocenters. The summed E-state index contributed by atoms with van der Waals surface area (Å²) in [5.74, 6) is 0.675. The standard InChI is InChI=1S/C17H28N2O/c1-4-17(18-2)15-7-9-16(10-8-15)19(3)12-14-6-5-11-20-13-14/h7-10,14,17-18H,4-6,11-13H2,1-3H3. The van der Waals surface area contributed by atoms with Gasteiger partial charge in [-0.1, -0.05) is 19.1 Å². The van der Waals surface area contributed by atoms with Gasteiger partial charge in [0.2, 0.25) is 0 Å². The van der Waals surface area contributed by atoms with E-state index in [4.69, 9.17) is 4.74 Å². The summed E-state index contributed by atoms with van der Waals surface area (Å²) >= 11 is 0. The molecule has 1 saturated heterocycles. The minimum absolute atomic E-state index is 0.459. The summed E-state index contributed by atoms with van der Waals surface area (Å²) < 4.78 is 5.56. The molecule has 0 aliphatic carbocycles. The highest BCUT2D eigenvalue weighted by atomic mass is 16.5. The van der Waals surface area contributed by atoms with Gasteiger partial charge in [-0.2, -0.15) is 0 Å². The van der Waals surface area contributed by atoms with Crippen molar-refractivity contribution in [2.24, 2.45) is 5.92 Å². The lowest BCUT2D eigenvalue weighted by atomic mass is 10.0. The third-order valence-corrected chi connectivity index (χ3v) is 4.28. The number of hydrogen-bond acceptors (Lipinski definition) is 3. The Hall–Kier alpha value is -1.06. The van der Waals surface area contributed by atoms with Gasteiger partial charge in [-0.25, -0.2) is 0 Å². The second kappa shape index (κ2) is 7.65. The lowest BCUT2D eigenvalue weighted by Gasteiger charge is -2.28. The van der Waals surface area contributed by atoms with E-state index in [1.807, 2.05) is 7.05 Å².